The van der Waals surface area contributed by atoms with E-state index in [1.165, 1.54) is 64.2 Å². The molecule has 0 fully saturated rings. The molecule has 3 atom stereocenters. The third-order valence-corrected chi connectivity index (χ3v) is 4.88. The van der Waals surface area contributed by atoms with E-state index < -0.39 is 19.7 Å². The molecule has 0 aliphatic heterocycles. The first-order valence-electron chi connectivity index (χ1n) is 9.92. The fourth-order valence-corrected chi connectivity index (χ4v) is 3.08. The molecular weight excluding hydrogens is 337 g/mol. The van der Waals surface area contributed by atoms with E-state index in [4.69, 9.17) is 15.2 Å². The van der Waals surface area contributed by atoms with Crippen LogP contribution in [-0.4, -0.2) is 35.4 Å². The quantitative estimate of drug-likeness (QED) is 0.193. The topological polar surface area (TPSA) is 92.8 Å². The number of aliphatic hydroxyl groups excluding tert-OH is 1. The molecule has 0 saturated heterocycles. The van der Waals surface area contributed by atoms with Crippen LogP contribution >= 0.6 is 7.60 Å². The fourth-order valence-electron chi connectivity index (χ4n) is 2.63. The van der Waals surface area contributed by atoms with Crippen LogP contribution in [-0.2, 0) is 9.09 Å². The van der Waals surface area contributed by atoms with Gasteiger partial charge in [-0.05, 0) is 12.8 Å². The number of unbranched alkanes of at least 4 members (excludes halogenated alkanes) is 11. The van der Waals surface area contributed by atoms with Crippen molar-refractivity contribution < 1.29 is 19.1 Å². The van der Waals surface area contributed by atoms with E-state index in [1.54, 1.807) is 6.08 Å². The number of allylic oxidation sites excluding steroid dienone is 1. The lowest BCUT2D eigenvalue weighted by Crippen LogP contribution is -2.37. The Labute approximate surface area is 154 Å². The van der Waals surface area contributed by atoms with Crippen LogP contribution in [0.2, 0.25) is 0 Å². The molecule has 0 radical (unpaired) electrons. The van der Waals surface area contributed by atoms with Crippen molar-refractivity contribution in [1.29, 1.82) is 0 Å². The highest BCUT2D eigenvalue weighted by molar-refractivity contribution is 7.51. The van der Waals surface area contributed by atoms with Crippen molar-refractivity contribution in [3.63, 3.8) is 0 Å². The molecule has 0 aliphatic rings. The van der Waals surface area contributed by atoms with Gasteiger partial charge in [0, 0.05) is 6.66 Å². The largest absolute Gasteiger partial charge is 0.387 e. The summed E-state index contributed by atoms with van der Waals surface area (Å²) in [5.74, 6) is 0. The van der Waals surface area contributed by atoms with Crippen molar-refractivity contribution in [3.05, 3.63) is 12.2 Å². The molecule has 0 saturated carbocycles. The Kier molecular flexibility index (Phi) is 15.9. The van der Waals surface area contributed by atoms with Crippen LogP contribution in [0.25, 0.3) is 0 Å². The molecule has 4 N–H and O–H groups in total. The molecule has 0 aromatic carbocycles. The zero-order valence-corrected chi connectivity index (χ0v) is 17.1. The van der Waals surface area contributed by atoms with Crippen molar-refractivity contribution >= 4 is 7.60 Å². The van der Waals surface area contributed by atoms with Gasteiger partial charge in [-0.2, -0.15) is 0 Å². The molecule has 0 aromatic rings. The SMILES string of the molecule is CCCCCCCCCCCCC/C=C/[C@@H](O)[C@@H](N)COP(C)(=O)O. The van der Waals surface area contributed by atoms with Crippen molar-refractivity contribution in [3.8, 4) is 0 Å². The summed E-state index contributed by atoms with van der Waals surface area (Å²) >= 11 is 0. The molecule has 6 heteroatoms. The summed E-state index contributed by atoms with van der Waals surface area (Å²) in [5, 5.41) is 9.83. The summed E-state index contributed by atoms with van der Waals surface area (Å²) in [4.78, 5) is 9.03. The van der Waals surface area contributed by atoms with Gasteiger partial charge in [0.25, 0.3) is 0 Å². The molecule has 0 rings (SSSR count). The normalized spacial score (nSPS) is 16.8. The van der Waals surface area contributed by atoms with Gasteiger partial charge < -0.3 is 20.3 Å². The second kappa shape index (κ2) is 16.0. The van der Waals surface area contributed by atoms with Gasteiger partial charge in [-0.3, -0.25) is 4.57 Å². The third kappa shape index (κ3) is 18.4. The van der Waals surface area contributed by atoms with Crippen LogP contribution in [0.1, 0.15) is 84.0 Å². The molecule has 5 nitrogen and oxygen atoms in total. The zero-order valence-electron chi connectivity index (χ0n) is 16.2. The average Bonchev–Trinajstić information content (AvgIpc) is 2.56. The highest BCUT2D eigenvalue weighted by atomic mass is 31.2. The van der Waals surface area contributed by atoms with E-state index in [0.29, 0.717) is 0 Å². The van der Waals surface area contributed by atoms with Crippen molar-refractivity contribution in [2.24, 2.45) is 5.73 Å². The minimum Gasteiger partial charge on any atom is -0.387 e. The number of nitrogens with two attached hydrogens (primary N) is 1. The predicted molar refractivity (Wildman–Crippen MR) is 106 cm³/mol. The van der Waals surface area contributed by atoms with Crippen LogP contribution in [0.4, 0.5) is 0 Å². The van der Waals surface area contributed by atoms with E-state index >= 15 is 0 Å². The van der Waals surface area contributed by atoms with Crippen LogP contribution in [0.15, 0.2) is 12.2 Å². The standard InChI is InChI=1S/C19H40NO4P/c1-3-4-5-6-7-8-9-10-11-12-13-14-15-16-19(21)18(20)17-24-25(2,22)23/h15-16,18-19,21H,3-14,17,20H2,1-2H3,(H,22,23)/b16-15+/t18-,19+/m0/s1. The van der Waals surface area contributed by atoms with E-state index in [9.17, 15) is 9.67 Å². The highest BCUT2D eigenvalue weighted by Gasteiger charge is 2.17. The summed E-state index contributed by atoms with van der Waals surface area (Å²) in [7, 11) is -3.53. The van der Waals surface area contributed by atoms with Gasteiger partial charge >= 0.3 is 7.60 Å². The summed E-state index contributed by atoms with van der Waals surface area (Å²) in [6.07, 6.45) is 18.2. The smallest absolute Gasteiger partial charge is 0.325 e. The minimum absolute atomic E-state index is 0.131. The van der Waals surface area contributed by atoms with Crippen LogP contribution < -0.4 is 5.73 Å². The number of hydrogen-bond acceptors (Lipinski definition) is 4. The molecular formula is C19H40NO4P. The molecule has 0 amide bonds. The maximum atomic E-state index is 11.0. The monoisotopic (exact) mass is 377 g/mol. The lowest BCUT2D eigenvalue weighted by molar-refractivity contribution is 0.146. The van der Waals surface area contributed by atoms with E-state index in [2.05, 4.69) is 6.92 Å². The van der Waals surface area contributed by atoms with E-state index in [1.807, 2.05) is 6.08 Å². The van der Waals surface area contributed by atoms with Gasteiger partial charge in [0.1, 0.15) is 0 Å². The summed E-state index contributed by atoms with van der Waals surface area (Å²) < 4.78 is 15.7. The average molecular weight is 378 g/mol. The molecule has 0 aliphatic carbocycles. The first kappa shape index (κ1) is 24.8. The number of rotatable bonds is 17. The number of hydrogen-bond donors (Lipinski definition) is 3. The minimum atomic E-state index is -3.53. The molecule has 0 heterocycles. The van der Waals surface area contributed by atoms with Gasteiger partial charge in [0.15, 0.2) is 0 Å². The molecule has 25 heavy (non-hydrogen) atoms. The molecule has 150 valence electrons. The van der Waals surface area contributed by atoms with E-state index in [0.717, 1.165) is 19.5 Å². The van der Waals surface area contributed by atoms with Gasteiger partial charge in [0.2, 0.25) is 0 Å². The van der Waals surface area contributed by atoms with Gasteiger partial charge in [-0.15, -0.1) is 0 Å². The Hall–Kier alpha value is -0.190. The molecule has 0 spiro atoms. The van der Waals surface area contributed by atoms with Crippen molar-refractivity contribution in [1.82, 2.24) is 0 Å². The maximum Gasteiger partial charge on any atom is 0.325 e. The third-order valence-electron chi connectivity index (χ3n) is 4.25. The van der Waals surface area contributed by atoms with Crippen LogP contribution in [0.3, 0.4) is 0 Å². The van der Waals surface area contributed by atoms with Gasteiger partial charge in [-0.25, -0.2) is 0 Å². The highest BCUT2D eigenvalue weighted by Crippen LogP contribution is 2.36. The fraction of sp³-hybridized carbons (Fsp3) is 0.895. The van der Waals surface area contributed by atoms with Crippen LogP contribution in [0.5, 0.6) is 0 Å². The van der Waals surface area contributed by atoms with Gasteiger partial charge in [0.05, 0.1) is 18.8 Å². The Morgan fingerprint density at radius 2 is 1.48 bits per heavy atom. The van der Waals surface area contributed by atoms with E-state index in [-0.39, 0.29) is 6.61 Å². The second-order valence-corrected chi connectivity index (χ2v) is 8.87. The second-order valence-electron chi connectivity index (χ2n) is 7.01. The van der Waals surface area contributed by atoms with Crippen molar-refractivity contribution in [2.75, 3.05) is 13.3 Å². The Morgan fingerprint density at radius 3 is 1.96 bits per heavy atom. The lowest BCUT2D eigenvalue weighted by Gasteiger charge is -2.16. The summed E-state index contributed by atoms with van der Waals surface area (Å²) in [5.41, 5.74) is 5.71. The summed E-state index contributed by atoms with van der Waals surface area (Å²) in [6.45, 7) is 3.23. The maximum absolute atomic E-state index is 11.0. The first-order chi connectivity index (χ1) is 11.9. The number of aliphatic hydroxyl groups is 1. The first-order valence-corrected chi connectivity index (χ1v) is 11.9. The molecule has 0 bridgehead atoms. The Balaban J connectivity index is 3.46. The predicted octanol–water partition coefficient (Wildman–Crippen LogP) is 4.76. The lowest BCUT2D eigenvalue weighted by atomic mass is 10.0. The molecule has 0 aromatic heterocycles. The van der Waals surface area contributed by atoms with Gasteiger partial charge in [-0.1, -0.05) is 83.3 Å². The van der Waals surface area contributed by atoms with Crippen LogP contribution in [0, 0.1) is 0 Å². The molecule has 1 unspecified atom stereocenters. The Morgan fingerprint density at radius 1 is 1.00 bits per heavy atom. The zero-order chi connectivity index (χ0) is 19.0. The summed E-state index contributed by atoms with van der Waals surface area (Å²) in [6, 6.07) is -0.686. The van der Waals surface area contributed by atoms with Crippen molar-refractivity contribution in [2.45, 2.75) is 96.1 Å². The Bertz CT molecular complexity index is 370.